The molecule has 0 saturated carbocycles. The molecule has 0 bridgehead atoms. The van der Waals surface area contributed by atoms with E-state index in [1.807, 2.05) is 6.07 Å². The molecule has 0 radical (unpaired) electrons. The molecule has 0 aromatic heterocycles. The summed E-state index contributed by atoms with van der Waals surface area (Å²) in [7, 11) is -1.85. The van der Waals surface area contributed by atoms with Crippen LogP contribution in [0.3, 0.4) is 0 Å². The zero-order chi connectivity index (χ0) is 31.6. The lowest BCUT2D eigenvalue weighted by molar-refractivity contribution is 0.377. The summed E-state index contributed by atoms with van der Waals surface area (Å²) in [5.74, 6) is 3.72. The van der Waals surface area contributed by atoms with Gasteiger partial charge in [0.2, 0.25) is 0 Å². The molecule has 0 spiro atoms. The second kappa shape index (κ2) is 13.4. The lowest BCUT2D eigenvalue weighted by atomic mass is 9.80. The van der Waals surface area contributed by atoms with Gasteiger partial charge < -0.3 is 13.6 Å². The SMILES string of the molecule is CC(C)c1ccc(OP(Oc2[c-]cc(C(C)(C)C)cc2C(C)(C)C)Oc2ccc(C(C)C)cc2C(C)C)c(C(C)C)c1. The Bertz CT molecular complexity index is 1270. The molecule has 0 aliphatic carbocycles. The predicted molar refractivity (Wildman–Crippen MR) is 181 cm³/mol. The van der Waals surface area contributed by atoms with E-state index in [0.717, 1.165) is 28.2 Å². The van der Waals surface area contributed by atoms with Gasteiger partial charge in [0.25, 0.3) is 0 Å². The van der Waals surface area contributed by atoms with Crippen molar-refractivity contribution in [3.05, 3.63) is 88.0 Å². The van der Waals surface area contributed by atoms with Crippen molar-refractivity contribution in [3.8, 4) is 17.2 Å². The van der Waals surface area contributed by atoms with Gasteiger partial charge in [-0.15, -0.1) is 11.6 Å². The molecule has 3 aromatic carbocycles. The minimum absolute atomic E-state index is 0.00141. The first kappa shape index (κ1) is 34.0. The fourth-order valence-electron chi connectivity index (χ4n) is 4.76. The highest BCUT2D eigenvalue weighted by molar-refractivity contribution is 7.43. The molecule has 230 valence electrons. The molecule has 0 aliphatic heterocycles. The van der Waals surface area contributed by atoms with Crippen molar-refractivity contribution in [3.63, 3.8) is 0 Å². The van der Waals surface area contributed by atoms with Gasteiger partial charge in [-0.3, -0.25) is 0 Å². The Balaban J connectivity index is 2.14. The van der Waals surface area contributed by atoms with Gasteiger partial charge in [0, 0.05) is 5.75 Å². The van der Waals surface area contributed by atoms with Crippen LogP contribution in [0.4, 0.5) is 0 Å². The molecule has 0 N–H and O–H groups in total. The Morgan fingerprint density at radius 3 is 1.38 bits per heavy atom. The number of hydrogen-bond donors (Lipinski definition) is 0. The average molecular weight is 590 g/mol. The third kappa shape index (κ3) is 8.53. The van der Waals surface area contributed by atoms with Crippen LogP contribution in [0.15, 0.2) is 48.5 Å². The van der Waals surface area contributed by atoms with Crippen LogP contribution in [-0.2, 0) is 10.8 Å². The third-order valence-electron chi connectivity index (χ3n) is 7.73. The largest absolute Gasteiger partial charge is 0.528 e. The first-order valence-corrected chi connectivity index (χ1v) is 16.7. The van der Waals surface area contributed by atoms with Crippen LogP contribution < -0.4 is 13.6 Å². The van der Waals surface area contributed by atoms with E-state index in [-0.39, 0.29) is 22.7 Å². The summed E-state index contributed by atoms with van der Waals surface area (Å²) >= 11 is 0. The molecular formula is C38H54O3P-. The summed E-state index contributed by atoms with van der Waals surface area (Å²) in [6.45, 7) is 31.0. The van der Waals surface area contributed by atoms with Gasteiger partial charge in [-0.25, -0.2) is 0 Å². The summed E-state index contributed by atoms with van der Waals surface area (Å²) < 4.78 is 20.2. The highest BCUT2D eigenvalue weighted by Gasteiger charge is 2.26. The van der Waals surface area contributed by atoms with Gasteiger partial charge in [-0.05, 0) is 58.1 Å². The molecule has 0 fully saturated rings. The zero-order valence-electron chi connectivity index (χ0n) is 28.6. The van der Waals surface area contributed by atoms with E-state index in [0.29, 0.717) is 17.6 Å². The van der Waals surface area contributed by atoms with E-state index in [1.54, 1.807) is 0 Å². The van der Waals surface area contributed by atoms with E-state index in [1.165, 1.54) is 16.7 Å². The van der Waals surface area contributed by atoms with Crippen LogP contribution in [0.5, 0.6) is 17.2 Å². The maximum absolute atomic E-state index is 6.74. The Hall–Kier alpha value is -2.51. The zero-order valence-corrected chi connectivity index (χ0v) is 29.5. The second-order valence-electron chi connectivity index (χ2n) is 14.8. The Morgan fingerprint density at radius 2 is 1.02 bits per heavy atom. The van der Waals surface area contributed by atoms with Crippen molar-refractivity contribution in [1.29, 1.82) is 0 Å². The summed E-state index contributed by atoms with van der Waals surface area (Å²) in [6.07, 6.45) is 0. The van der Waals surface area contributed by atoms with Crippen LogP contribution >= 0.6 is 8.60 Å². The molecule has 0 saturated heterocycles. The maximum Gasteiger partial charge on any atom is 0.528 e. The molecule has 4 heteroatoms. The standard InChI is InChI=1S/C38H54O3P/c1-24(2)28-15-18-34(31(21-28)26(5)6)39-42(40-35-19-16-29(25(3)4)22-32(35)27(7)8)41-36-20-17-30(37(9,10)11)23-33(36)38(12,13)14/h15-19,21-27H,1-14H3/q-1. The minimum Gasteiger partial charge on any atom is -0.435 e. The van der Waals surface area contributed by atoms with Gasteiger partial charge in [0.05, 0.1) is 0 Å². The van der Waals surface area contributed by atoms with E-state index < -0.39 is 8.60 Å². The van der Waals surface area contributed by atoms with Crippen molar-refractivity contribution >= 4 is 8.60 Å². The summed E-state index contributed by atoms with van der Waals surface area (Å²) in [5.41, 5.74) is 7.07. The maximum atomic E-state index is 6.74. The van der Waals surface area contributed by atoms with Gasteiger partial charge >= 0.3 is 8.60 Å². The van der Waals surface area contributed by atoms with Gasteiger partial charge in [-0.2, -0.15) is 17.7 Å². The van der Waals surface area contributed by atoms with Crippen LogP contribution in [0.25, 0.3) is 0 Å². The number of hydrogen-bond acceptors (Lipinski definition) is 3. The molecule has 0 unspecified atom stereocenters. The van der Waals surface area contributed by atoms with Crippen LogP contribution in [0.2, 0.25) is 0 Å². The second-order valence-corrected chi connectivity index (χ2v) is 15.8. The van der Waals surface area contributed by atoms with Crippen LogP contribution in [0.1, 0.15) is 154 Å². The molecular weight excluding hydrogens is 535 g/mol. The molecule has 0 heterocycles. The lowest BCUT2D eigenvalue weighted by Crippen LogP contribution is -2.18. The lowest BCUT2D eigenvalue weighted by Gasteiger charge is -2.34. The normalized spacial score (nSPS) is 12.6. The summed E-state index contributed by atoms with van der Waals surface area (Å²) in [6, 6.07) is 20.8. The van der Waals surface area contributed by atoms with E-state index >= 15 is 0 Å². The van der Waals surface area contributed by atoms with Crippen LogP contribution in [-0.4, -0.2) is 0 Å². The van der Waals surface area contributed by atoms with Crippen molar-refractivity contribution in [2.45, 2.75) is 131 Å². The van der Waals surface area contributed by atoms with E-state index in [2.05, 4.69) is 145 Å². The minimum atomic E-state index is -1.85. The van der Waals surface area contributed by atoms with Gasteiger partial charge in [-0.1, -0.05) is 132 Å². The predicted octanol–water partition coefficient (Wildman–Crippen LogP) is 12.3. The molecule has 42 heavy (non-hydrogen) atoms. The van der Waals surface area contributed by atoms with Gasteiger partial charge in [0.15, 0.2) is 0 Å². The topological polar surface area (TPSA) is 27.7 Å². The van der Waals surface area contributed by atoms with Crippen LogP contribution in [0, 0.1) is 6.07 Å². The fourth-order valence-corrected chi connectivity index (χ4v) is 5.83. The Kier molecular flexibility index (Phi) is 10.9. The smallest absolute Gasteiger partial charge is 0.435 e. The molecule has 3 aromatic rings. The number of rotatable bonds is 10. The molecule has 3 nitrogen and oxygen atoms in total. The van der Waals surface area contributed by atoms with Crippen molar-refractivity contribution in [1.82, 2.24) is 0 Å². The summed E-state index contributed by atoms with van der Waals surface area (Å²) in [4.78, 5) is 0. The highest BCUT2D eigenvalue weighted by atomic mass is 31.2. The quantitative estimate of drug-likeness (QED) is 0.174. The first-order chi connectivity index (χ1) is 19.4. The number of benzene rings is 3. The third-order valence-corrected chi connectivity index (χ3v) is 8.76. The fraction of sp³-hybridized carbons (Fsp3) is 0.526. The van der Waals surface area contributed by atoms with Crippen molar-refractivity contribution in [2.24, 2.45) is 0 Å². The molecule has 3 rings (SSSR count). The monoisotopic (exact) mass is 589 g/mol. The molecule has 0 aliphatic rings. The average Bonchev–Trinajstić information content (AvgIpc) is 2.87. The first-order valence-electron chi connectivity index (χ1n) is 15.6. The Morgan fingerprint density at radius 1 is 0.571 bits per heavy atom. The summed E-state index contributed by atoms with van der Waals surface area (Å²) in [5, 5.41) is 0. The van der Waals surface area contributed by atoms with Crippen molar-refractivity contribution < 1.29 is 13.6 Å². The molecule has 0 atom stereocenters. The van der Waals surface area contributed by atoms with E-state index in [4.69, 9.17) is 13.6 Å². The van der Waals surface area contributed by atoms with E-state index in [9.17, 15) is 0 Å². The highest BCUT2D eigenvalue weighted by Crippen LogP contribution is 2.48. The van der Waals surface area contributed by atoms with Crippen molar-refractivity contribution in [2.75, 3.05) is 0 Å². The molecule has 0 amide bonds. The van der Waals surface area contributed by atoms with Gasteiger partial charge in [0.1, 0.15) is 11.5 Å². The Labute approximate surface area is 258 Å².